The minimum atomic E-state index is -1.30. The Hall–Kier alpha value is -0.660. The highest BCUT2D eigenvalue weighted by Crippen LogP contribution is 2.41. The second kappa shape index (κ2) is 8.15. The second-order valence-electron chi connectivity index (χ2n) is 8.04. The van der Waals surface area contributed by atoms with Crippen LogP contribution in [-0.4, -0.2) is 33.1 Å². The maximum atomic E-state index is 13.9. The largest absolute Gasteiger partial charge is 0.591 e. The van der Waals surface area contributed by atoms with Crippen LogP contribution >= 0.6 is 12.2 Å². The Morgan fingerprint density at radius 1 is 1.27 bits per heavy atom. The number of hydrogen-bond donors (Lipinski definition) is 2. The lowest BCUT2D eigenvalue weighted by Crippen LogP contribution is -2.56. The second-order valence-corrected chi connectivity index (χ2v) is 10.1. The van der Waals surface area contributed by atoms with Gasteiger partial charge in [0.15, 0.2) is 0 Å². The van der Waals surface area contributed by atoms with E-state index in [-0.39, 0.29) is 5.54 Å². The van der Waals surface area contributed by atoms with Gasteiger partial charge in [-0.2, -0.15) is 4.31 Å². The number of hydrogen-bond acceptors (Lipinski definition) is 4. The van der Waals surface area contributed by atoms with Crippen LogP contribution in [0, 0.1) is 5.92 Å². The van der Waals surface area contributed by atoms with Crippen LogP contribution in [0.3, 0.4) is 0 Å². The van der Waals surface area contributed by atoms with Crippen molar-refractivity contribution in [2.45, 2.75) is 62.8 Å². The molecule has 0 bridgehead atoms. The molecule has 6 heteroatoms. The van der Waals surface area contributed by atoms with E-state index in [0.29, 0.717) is 12.6 Å². The Labute approximate surface area is 166 Å². The smallest absolute Gasteiger partial charge is 0.228 e. The van der Waals surface area contributed by atoms with E-state index in [1.807, 2.05) is 29.6 Å². The lowest BCUT2D eigenvalue weighted by Gasteiger charge is -2.41. The zero-order valence-electron chi connectivity index (χ0n) is 16.1. The van der Waals surface area contributed by atoms with Gasteiger partial charge in [-0.3, -0.25) is 10.6 Å². The molecule has 1 saturated heterocycles. The fourth-order valence-corrected chi connectivity index (χ4v) is 6.35. The first kappa shape index (κ1) is 20.1. The van der Waals surface area contributed by atoms with Crippen LogP contribution in [0.15, 0.2) is 30.3 Å². The van der Waals surface area contributed by atoms with Gasteiger partial charge in [0.05, 0.1) is 16.9 Å². The molecule has 1 aliphatic carbocycles. The van der Waals surface area contributed by atoms with E-state index < -0.39 is 16.2 Å². The molecule has 1 aromatic rings. The van der Waals surface area contributed by atoms with Gasteiger partial charge >= 0.3 is 0 Å². The molecule has 2 fully saturated rings. The van der Waals surface area contributed by atoms with Gasteiger partial charge in [0.2, 0.25) is 4.87 Å². The SMILES string of the molecule is CNC(CC1CCCCC1)(c1ccccc1)[S+]([O-])N1CNC(C)(C)C1=S. The van der Waals surface area contributed by atoms with Gasteiger partial charge in [-0.1, -0.05) is 74.7 Å². The Kier molecular flexibility index (Phi) is 6.29. The molecule has 0 radical (unpaired) electrons. The van der Waals surface area contributed by atoms with Gasteiger partial charge in [0.1, 0.15) is 11.7 Å². The lowest BCUT2D eigenvalue weighted by atomic mass is 9.83. The van der Waals surface area contributed by atoms with E-state index in [9.17, 15) is 4.55 Å². The predicted octanol–water partition coefficient (Wildman–Crippen LogP) is 3.66. The third kappa shape index (κ3) is 3.80. The van der Waals surface area contributed by atoms with Crippen LogP contribution in [-0.2, 0) is 16.2 Å². The van der Waals surface area contributed by atoms with Crippen LogP contribution < -0.4 is 10.6 Å². The van der Waals surface area contributed by atoms with Gasteiger partial charge < -0.3 is 4.55 Å². The molecule has 0 aromatic heterocycles. The molecule has 0 amide bonds. The average Bonchev–Trinajstić information content (AvgIpc) is 2.94. The van der Waals surface area contributed by atoms with Crippen molar-refractivity contribution >= 4 is 28.6 Å². The number of nitrogens with one attached hydrogen (secondary N) is 2. The molecular formula is C20H31N3OS2. The first-order chi connectivity index (χ1) is 12.4. The van der Waals surface area contributed by atoms with Crippen molar-refractivity contribution in [1.82, 2.24) is 14.9 Å². The van der Waals surface area contributed by atoms with Crippen molar-refractivity contribution in [2.24, 2.45) is 5.92 Å². The molecule has 1 aliphatic heterocycles. The summed E-state index contributed by atoms with van der Waals surface area (Å²) in [5.74, 6) is 0.595. The minimum absolute atomic E-state index is 0.300. The summed E-state index contributed by atoms with van der Waals surface area (Å²) in [6.45, 7) is 4.63. The topological polar surface area (TPSA) is 50.4 Å². The molecule has 3 rings (SSSR count). The van der Waals surface area contributed by atoms with E-state index in [1.54, 1.807) is 0 Å². The summed E-state index contributed by atoms with van der Waals surface area (Å²) in [5.41, 5.74) is 0.783. The summed E-state index contributed by atoms with van der Waals surface area (Å²) in [5, 5.41) is 6.87. The molecule has 2 N–H and O–H groups in total. The number of nitrogens with zero attached hydrogens (tertiary/aromatic N) is 1. The maximum Gasteiger partial charge on any atom is 0.228 e. The van der Waals surface area contributed by atoms with E-state index in [1.165, 1.54) is 32.1 Å². The molecule has 144 valence electrons. The van der Waals surface area contributed by atoms with Crippen molar-refractivity contribution in [3.63, 3.8) is 0 Å². The molecule has 4 nitrogen and oxygen atoms in total. The third-order valence-electron chi connectivity index (χ3n) is 5.87. The van der Waals surface area contributed by atoms with E-state index >= 15 is 0 Å². The number of rotatable bonds is 6. The maximum absolute atomic E-state index is 13.9. The van der Waals surface area contributed by atoms with Crippen molar-refractivity contribution in [2.75, 3.05) is 13.7 Å². The highest BCUT2D eigenvalue weighted by Gasteiger charge is 2.52. The highest BCUT2D eigenvalue weighted by molar-refractivity contribution is 7.92. The molecule has 1 saturated carbocycles. The fourth-order valence-electron chi connectivity index (χ4n) is 4.18. The van der Waals surface area contributed by atoms with E-state index in [4.69, 9.17) is 12.2 Å². The summed E-state index contributed by atoms with van der Waals surface area (Å²) >= 11 is 4.36. The molecule has 2 aliphatic rings. The summed E-state index contributed by atoms with van der Waals surface area (Å²) in [6.07, 6.45) is 7.21. The van der Waals surface area contributed by atoms with Crippen LogP contribution in [0.1, 0.15) is 57.9 Å². The van der Waals surface area contributed by atoms with Gasteiger partial charge in [-0.15, -0.1) is 0 Å². The first-order valence-corrected chi connectivity index (χ1v) is 11.2. The van der Waals surface area contributed by atoms with Gasteiger partial charge in [-0.05, 0) is 26.8 Å². The first-order valence-electron chi connectivity index (χ1n) is 9.64. The van der Waals surface area contributed by atoms with Crippen molar-refractivity contribution in [3.05, 3.63) is 35.9 Å². The average molecular weight is 394 g/mol. The van der Waals surface area contributed by atoms with Gasteiger partial charge in [0.25, 0.3) is 0 Å². The molecule has 26 heavy (non-hydrogen) atoms. The Morgan fingerprint density at radius 3 is 2.46 bits per heavy atom. The number of thiocarbonyl (C=S) groups is 1. The molecule has 2 unspecified atom stereocenters. The van der Waals surface area contributed by atoms with Crippen molar-refractivity contribution in [3.8, 4) is 0 Å². The summed E-state index contributed by atoms with van der Waals surface area (Å²) in [6, 6.07) is 10.3. The van der Waals surface area contributed by atoms with E-state index in [0.717, 1.165) is 17.0 Å². The summed E-state index contributed by atoms with van der Waals surface area (Å²) in [4.78, 5) is 0.116. The fraction of sp³-hybridized carbons (Fsp3) is 0.650. The Bertz CT molecular complexity index is 619. The Morgan fingerprint density at radius 2 is 1.92 bits per heavy atom. The van der Waals surface area contributed by atoms with E-state index in [2.05, 4.69) is 36.6 Å². The molecular weight excluding hydrogens is 362 g/mol. The molecule has 2 atom stereocenters. The van der Waals surface area contributed by atoms with Crippen LogP contribution in [0.4, 0.5) is 0 Å². The lowest BCUT2D eigenvalue weighted by molar-refractivity contribution is 0.276. The molecule has 1 heterocycles. The monoisotopic (exact) mass is 393 g/mol. The molecule has 1 aromatic carbocycles. The zero-order chi connectivity index (χ0) is 18.8. The summed E-state index contributed by atoms with van der Waals surface area (Å²) in [7, 11) is 1.94. The predicted molar refractivity (Wildman–Crippen MR) is 113 cm³/mol. The van der Waals surface area contributed by atoms with Crippen molar-refractivity contribution in [1.29, 1.82) is 0 Å². The Balaban J connectivity index is 1.95. The summed E-state index contributed by atoms with van der Waals surface area (Å²) < 4.78 is 15.8. The number of benzene rings is 1. The van der Waals surface area contributed by atoms with Crippen LogP contribution in [0.2, 0.25) is 0 Å². The van der Waals surface area contributed by atoms with Crippen LogP contribution in [0.5, 0.6) is 0 Å². The van der Waals surface area contributed by atoms with Crippen LogP contribution in [0.25, 0.3) is 0 Å². The quantitative estimate of drug-likeness (QED) is 0.571. The minimum Gasteiger partial charge on any atom is -0.591 e. The highest BCUT2D eigenvalue weighted by atomic mass is 32.2. The van der Waals surface area contributed by atoms with Gasteiger partial charge in [-0.25, -0.2) is 0 Å². The normalized spacial score (nSPS) is 24.5. The zero-order valence-corrected chi connectivity index (χ0v) is 17.7. The van der Waals surface area contributed by atoms with Gasteiger partial charge in [0, 0.05) is 12.0 Å². The van der Waals surface area contributed by atoms with Crippen molar-refractivity contribution < 1.29 is 4.55 Å². The standard InChI is InChI=1S/C20H31N3OS2/c1-19(2)18(25)23(15-22-19)26(24)20(21-3,17-12-8-5-9-13-17)14-16-10-6-4-7-11-16/h5,8-9,12-13,16,21-22H,4,6-7,10-11,14-15H2,1-3H3. The third-order valence-corrected chi connectivity index (χ3v) is 8.63. The molecule has 0 spiro atoms.